The lowest BCUT2D eigenvalue weighted by Gasteiger charge is -2.16. The monoisotopic (exact) mass is 521 g/mol. The molecule has 0 spiro atoms. The normalized spacial score (nSPS) is 11.9. The van der Waals surface area contributed by atoms with E-state index in [2.05, 4.69) is 132 Å². The van der Waals surface area contributed by atoms with Crippen LogP contribution in [-0.4, -0.2) is 14.5 Å². The highest BCUT2D eigenvalue weighted by atomic mass is 15.0. The number of rotatable bonds is 2. The Morgan fingerprint density at radius 2 is 0.927 bits per heavy atom. The molecule has 3 nitrogen and oxygen atoms in total. The molecule has 0 aliphatic heterocycles. The second kappa shape index (κ2) is 8.48. The molecule has 0 N–H and O–H groups in total. The van der Waals surface area contributed by atoms with E-state index in [-0.39, 0.29) is 0 Å². The average Bonchev–Trinajstić information content (AvgIpc) is 3.38. The first-order valence-corrected chi connectivity index (χ1v) is 13.9. The van der Waals surface area contributed by atoms with Crippen molar-refractivity contribution in [1.29, 1.82) is 0 Å². The number of nitrogens with zero attached hydrogens (tertiary/aromatic N) is 3. The van der Waals surface area contributed by atoms with Gasteiger partial charge in [0.15, 0.2) is 0 Å². The number of hydrogen-bond donors (Lipinski definition) is 0. The summed E-state index contributed by atoms with van der Waals surface area (Å²) < 4.78 is 2.41. The summed E-state index contributed by atoms with van der Waals surface area (Å²) in [5.74, 6) is 0. The largest absolute Gasteiger partial charge is 0.309 e. The second-order valence-corrected chi connectivity index (χ2v) is 10.6. The first-order chi connectivity index (χ1) is 20.4. The number of para-hydroxylation sites is 2. The molecule has 0 aliphatic rings. The Morgan fingerprint density at radius 1 is 0.390 bits per heavy atom. The van der Waals surface area contributed by atoms with Crippen LogP contribution in [0.1, 0.15) is 0 Å². The standard InChI is InChI=1S/C38H23N3/c1-3-11-28-26(9-1)25(19-20-36(28)41-34-15-7-5-12-29(34)30-13-6-8-16-35(30)41)24-17-18-32-33(23-24)27-10-2-4-14-31(27)37-38(32)40-22-21-39-37/h1-23H. The highest BCUT2D eigenvalue weighted by Gasteiger charge is 2.16. The van der Waals surface area contributed by atoms with E-state index < -0.39 is 0 Å². The Hall–Kier alpha value is -5.54. The van der Waals surface area contributed by atoms with Gasteiger partial charge in [-0.05, 0) is 51.6 Å². The summed E-state index contributed by atoms with van der Waals surface area (Å²) in [7, 11) is 0. The van der Waals surface area contributed by atoms with Crippen LogP contribution in [0.5, 0.6) is 0 Å². The lowest BCUT2D eigenvalue weighted by Crippen LogP contribution is -1.96. The van der Waals surface area contributed by atoms with Crippen molar-refractivity contribution in [2.75, 3.05) is 0 Å². The zero-order valence-corrected chi connectivity index (χ0v) is 22.1. The molecule has 0 unspecified atom stereocenters. The third kappa shape index (κ3) is 3.14. The molecular formula is C38H23N3. The minimum atomic E-state index is 0.944. The maximum atomic E-state index is 4.74. The fourth-order valence-electron chi connectivity index (χ4n) is 6.71. The van der Waals surface area contributed by atoms with Crippen LogP contribution in [0.3, 0.4) is 0 Å². The second-order valence-electron chi connectivity index (χ2n) is 10.6. The van der Waals surface area contributed by atoms with Crippen LogP contribution in [0.4, 0.5) is 0 Å². The summed E-state index contributed by atoms with van der Waals surface area (Å²) in [5, 5.41) is 9.65. The topological polar surface area (TPSA) is 30.7 Å². The van der Waals surface area contributed by atoms with Gasteiger partial charge in [0.1, 0.15) is 0 Å². The van der Waals surface area contributed by atoms with Crippen molar-refractivity contribution in [1.82, 2.24) is 14.5 Å². The molecule has 0 atom stereocenters. The molecule has 0 saturated heterocycles. The number of benzene rings is 7. The van der Waals surface area contributed by atoms with E-state index in [1.807, 2.05) is 0 Å². The van der Waals surface area contributed by atoms with E-state index in [1.54, 1.807) is 12.4 Å². The minimum absolute atomic E-state index is 0.944. The molecule has 2 heterocycles. The van der Waals surface area contributed by atoms with E-state index in [0.29, 0.717) is 0 Å². The van der Waals surface area contributed by atoms with Gasteiger partial charge in [0.25, 0.3) is 0 Å². The molecular weight excluding hydrogens is 498 g/mol. The third-order valence-corrected chi connectivity index (χ3v) is 8.48. The van der Waals surface area contributed by atoms with Gasteiger partial charge < -0.3 is 4.57 Å². The average molecular weight is 522 g/mol. The molecule has 0 aliphatic carbocycles. The highest BCUT2D eigenvalue weighted by molar-refractivity contribution is 6.23. The van der Waals surface area contributed by atoms with Gasteiger partial charge in [-0.3, -0.25) is 9.97 Å². The Bertz CT molecular complexity index is 2400. The van der Waals surface area contributed by atoms with Gasteiger partial charge in [-0.2, -0.15) is 0 Å². The quantitative estimate of drug-likeness (QED) is 0.212. The maximum Gasteiger partial charge on any atom is 0.0971 e. The minimum Gasteiger partial charge on any atom is -0.309 e. The van der Waals surface area contributed by atoms with Crippen molar-refractivity contribution in [2.24, 2.45) is 0 Å². The zero-order chi connectivity index (χ0) is 26.9. The molecule has 9 rings (SSSR count). The van der Waals surface area contributed by atoms with E-state index in [4.69, 9.17) is 9.97 Å². The molecule has 7 aromatic carbocycles. The summed E-state index contributed by atoms with van der Waals surface area (Å²) in [6.07, 6.45) is 3.56. The SMILES string of the molecule is c1ccc2c(-n3c4ccccc4c4ccccc43)ccc(-c3ccc4c(c3)c3ccccc3c3nccnc43)c2c1. The summed E-state index contributed by atoms with van der Waals surface area (Å²) in [4.78, 5) is 9.43. The van der Waals surface area contributed by atoms with Crippen molar-refractivity contribution >= 4 is 65.2 Å². The van der Waals surface area contributed by atoms with Crippen LogP contribution in [0.25, 0.3) is 82.0 Å². The van der Waals surface area contributed by atoms with Crippen molar-refractivity contribution in [3.05, 3.63) is 140 Å². The van der Waals surface area contributed by atoms with Gasteiger partial charge in [-0.25, -0.2) is 0 Å². The number of hydrogen-bond acceptors (Lipinski definition) is 2. The molecule has 0 radical (unpaired) electrons. The summed E-state index contributed by atoms with van der Waals surface area (Å²) in [6, 6.07) is 46.0. The Morgan fingerprint density at radius 3 is 1.61 bits per heavy atom. The van der Waals surface area contributed by atoms with Gasteiger partial charge >= 0.3 is 0 Å². The van der Waals surface area contributed by atoms with Crippen molar-refractivity contribution in [3.63, 3.8) is 0 Å². The molecule has 3 heteroatoms. The molecule has 0 saturated carbocycles. The van der Waals surface area contributed by atoms with Crippen LogP contribution < -0.4 is 0 Å². The fraction of sp³-hybridized carbons (Fsp3) is 0. The number of fused-ring (bicyclic) bond motifs is 10. The van der Waals surface area contributed by atoms with E-state index >= 15 is 0 Å². The molecule has 190 valence electrons. The predicted octanol–water partition coefficient (Wildman–Crippen LogP) is 9.85. The number of aromatic nitrogens is 3. The maximum absolute atomic E-state index is 4.74. The Labute approximate surface area is 235 Å². The van der Waals surface area contributed by atoms with Crippen LogP contribution in [0.15, 0.2) is 140 Å². The molecule has 2 aromatic heterocycles. The van der Waals surface area contributed by atoms with Crippen molar-refractivity contribution in [3.8, 4) is 16.8 Å². The van der Waals surface area contributed by atoms with E-state index in [0.717, 1.165) is 21.8 Å². The molecule has 0 fully saturated rings. The van der Waals surface area contributed by atoms with Crippen LogP contribution in [0, 0.1) is 0 Å². The molecule has 0 bridgehead atoms. The Balaban J connectivity index is 1.34. The third-order valence-electron chi connectivity index (χ3n) is 8.48. The molecule has 0 amide bonds. The highest BCUT2D eigenvalue weighted by Crippen LogP contribution is 2.40. The van der Waals surface area contributed by atoms with Crippen LogP contribution in [-0.2, 0) is 0 Å². The Kier molecular flexibility index (Phi) is 4.61. The molecule has 9 aromatic rings. The van der Waals surface area contributed by atoms with Gasteiger partial charge in [0.2, 0.25) is 0 Å². The first-order valence-electron chi connectivity index (χ1n) is 13.9. The zero-order valence-electron chi connectivity index (χ0n) is 22.1. The van der Waals surface area contributed by atoms with Gasteiger partial charge in [0.05, 0.1) is 27.8 Å². The lowest BCUT2D eigenvalue weighted by molar-refractivity contribution is 1.20. The predicted molar refractivity (Wildman–Crippen MR) is 172 cm³/mol. The fourth-order valence-corrected chi connectivity index (χ4v) is 6.71. The van der Waals surface area contributed by atoms with Gasteiger partial charge in [-0.15, -0.1) is 0 Å². The lowest BCUT2D eigenvalue weighted by atomic mass is 9.93. The smallest absolute Gasteiger partial charge is 0.0971 e. The van der Waals surface area contributed by atoms with Crippen molar-refractivity contribution < 1.29 is 0 Å². The van der Waals surface area contributed by atoms with Gasteiger partial charge in [-0.1, -0.05) is 103 Å². The van der Waals surface area contributed by atoms with Crippen molar-refractivity contribution in [2.45, 2.75) is 0 Å². The van der Waals surface area contributed by atoms with Crippen LogP contribution in [0.2, 0.25) is 0 Å². The molecule has 41 heavy (non-hydrogen) atoms. The summed E-state index contributed by atoms with van der Waals surface area (Å²) >= 11 is 0. The van der Waals surface area contributed by atoms with E-state index in [1.165, 1.54) is 60.2 Å². The van der Waals surface area contributed by atoms with Gasteiger partial charge in [0, 0.05) is 39.3 Å². The summed E-state index contributed by atoms with van der Waals surface area (Å²) in [6.45, 7) is 0. The first kappa shape index (κ1) is 22.3. The van der Waals surface area contributed by atoms with Crippen LogP contribution >= 0.6 is 0 Å². The summed E-state index contributed by atoms with van der Waals surface area (Å²) in [5.41, 5.74) is 7.93. The van der Waals surface area contributed by atoms with E-state index in [9.17, 15) is 0 Å².